The van der Waals surface area contributed by atoms with Gasteiger partial charge < -0.3 is 15.8 Å². The lowest BCUT2D eigenvalue weighted by atomic mass is 10.2. The number of benzene rings is 1. The van der Waals surface area contributed by atoms with Crippen LogP contribution in [-0.2, 0) is 4.79 Å². The summed E-state index contributed by atoms with van der Waals surface area (Å²) in [4.78, 5) is 11.6. The van der Waals surface area contributed by atoms with Crippen LogP contribution >= 0.6 is 0 Å². The largest absolute Gasteiger partial charge is 0.478 e. The molecule has 0 fully saturated rings. The van der Waals surface area contributed by atoms with E-state index in [-0.39, 0.29) is 11.7 Å². The van der Waals surface area contributed by atoms with E-state index in [0.717, 1.165) is 6.42 Å². The van der Waals surface area contributed by atoms with Crippen LogP contribution in [0.2, 0.25) is 0 Å². The van der Waals surface area contributed by atoms with Crippen molar-refractivity contribution in [1.29, 1.82) is 0 Å². The summed E-state index contributed by atoms with van der Waals surface area (Å²) in [6.45, 7) is 5.87. The van der Waals surface area contributed by atoms with Gasteiger partial charge in [0.15, 0.2) is 17.7 Å². The summed E-state index contributed by atoms with van der Waals surface area (Å²) in [6, 6.07) is 2.69. The van der Waals surface area contributed by atoms with Crippen LogP contribution in [-0.4, -0.2) is 18.6 Å². The summed E-state index contributed by atoms with van der Waals surface area (Å²) < 4.78 is 18.9. The molecule has 0 radical (unpaired) electrons. The Bertz CT molecular complexity index is 435. The van der Waals surface area contributed by atoms with E-state index in [4.69, 9.17) is 10.5 Å². The highest BCUT2D eigenvalue weighted by Crippen LogP contribution is 2.24. The van der Waals surface area contributed by atoms with E-state index in [1.165, 1.54) is 12.1 Å². The molecule has 1 amide bonds. The second-order valence-electron chi connectivity index (χ2n) is 4.19. The fourth-order valence-electron chi connectivity index (χ4n) is 1.40. The van der Waals surface area contributed by atoms with Gasteiger partial charge in [0.25, 0.3) is 5.91 Å². The molecule has 0 aliphatic carbocycles. The third-order valence-electron chi connectivity index (χ3n) is 2.54. The first-order valence-corrected chi connectivity index (χ1v) is 5.95. The minimum absolute atomic E-state index is 0.0425. The first-order chi connectivity index (χ1) is 8.45. The second-order valence-corrected chi connectivity index (χ2v) is 4.19. The molecule has 0 spiro atoms. The maximum Gasteiger partial charge on any atom is 0.260 e. The fraction of sp³-hybridized carbons (Fsp3) is 0.462. The van der Waals surface area contributed by atoms with Crippen molar-refractivity contribution in [2.45, 2.75) is 33.3 Å². The maximum atomic E-state index is 13.6. The van der Waals surface area contributed by atoms with Crippen LogP contribution in [0.3, 0.4) is 0 Å². The van der Waals surface area contributed by atoms with Crippen molar-refractivity contribution in [3.8, 4) is 5.75 Å². The van der Waals surface area contributed by atoms with Crippen molar-refractivity contribution in [3.05, 3.63) is 23.5 Å². The van der Waals surface area contributed by atoms with Gasteiger partial charge in [-0.05, 0) is 31.9 Å². The normalized spacial score (nSPS) is 12.0. The zero-order valence-electron chi connectivity index (χ0n) is 10.9. The molecule has 1 aromatic carbocycles. The average Bonchev–Trinajstić information content (AvgIpc) is 2.32. The van der Waals surface area contributed by atoms with E-state index < -0.39 is 11.9 Å². The number of halogens is 1. The van der Waals surface area contributed by atoms with Crippen LogP contribution in [0.5, 0.6) is 5.75 Å². The lowest BCUT2D eigenvalue weighted by Crippen LogP contribution is -2.36. The Hall–Kier alpha value is -1.78. The molecular formula is C13H19FN2O2. The van der Waals surface area contributed by atoms with E-state index in [2.05, 4.69) is 5.32 Å². The van der Waals surface area contributed by atoms with Crippen LogP contribution in [0, 0.1) is 12.7 Å². The fourth-order valence-corrected chi connectivity index (χ4v) is 1.40. The summed E-state index contributed by atoms with van der Waals surface area (Å²) in [5.41, 5.74) is 6.65. The Kier molecular flexibility index (Phi) is 4.95. The lowest BCUT2D eigenvalue weighted by Gasteiger charge is -2.15. The summed E-state index contributed by atoms with van der Waals surface area (Å²) in [5, 5.41) is 2.69. The van der Waals surface area contributed by atoms with Gasteiger partial charge in [-0.15, -0.1) is 0 Å². The standard InChI is InChI=1S/C13H19FN2O2/c1-4-5-16-13(17)9(3)18-12-6-8(2)11(15)7-10(12)14/h6-7,9H,4-5,15H2,1-3H3,(H,16,17). The number of rotatable bonds is 5. The van der Waals surface area contributed by atoms with Crippen LogP contribution in [0.1, 0.15) is 25.8 Å². The maximum absolute atomic E-state index is 13.6. The number of anilines is 1. The topological polar surface area (TPSA) is 64.3 Å². The Labute approximate surface area is 106 Å². The molecule has 0 heterocycles. The Morgan fingerprint density at radius 3 is 2.83 bits per heavy atom. The molecule has 0 bridgehead atoms. The SMILES string of the molecule is CCCNC(=O)C(C)Oc1cc(C)c(N)cc1F. The summed E-state index contributed by atoms with van der Waals surface area (Å²) in [5.74, 6) is -0.778. The molecule has 1 rings (SSSR count). The highest BCUT2D eigenvalue weighted by atomic mass is 19.1. The number of carbonyl (C=O) groups is 1. The molecule has 3 N–H and O–H groups in total. The van der Waals surface area contributed by atoms with Gasteiger partial charge in [-0.3, -0.25) is 4.79 Å². The molecule has 0 saturated carbocycles. The van der Waals surface area contributed by atoms with E-state index in [9.17, 15) is 9.18 Å². The Morgan fingerprint density at radius 2 is 2.22 bits per heavy atom. The van der Waals surface area contributed by atoms with Gasteiger partial charge in [0.1, 0.15) is 0 Å². The van der Waals surface area contributed by atoms with Crippen molar-refractivity contribution in [3.63, 3.8) is 0 Å². The molecule has 0 aliphatic heterocycles. The number of hydrogen-bond donors (Lipinski definition) is 2. The molecule has 0 aliphatic rings. The van der Waals surface area contributed by atoms with Crippen LogP contribution in [0.25, 0.3) is 0 Å². The first-order valence-electron chi connectivity index (χ1n) is 5.95. The molecule has 1 aromatic rings. The number of hydrogen-bond acceptors (Lipinski definition) is 3. The minimum Gasteiger partial charge on any atom is -0.478 e. The van der Waals surface area contributed by atoms with E-state index in [0.29, 0.717) is 17.8 Å². The summed E-state index contributed by atoms with van der Waals surface area (Å²) in [7, 11) is 0. The lowest BCUT2D eigenvalue weighted by molar-refractivity contribution is -0.127. The third-order valence-corrected chi connectivity index (χ3v) is 2.54. The zero-order valence-corrected chi connectivity index (χ0v) is 10.9. The molecule has 1 unspecified atom stereocenters. The molecule has 1 atom stereocenters. The molecule has 0 aromatic heterocycles. The molecule has 100 valence electrons. The monoisotopic (exact) mass is 254 g/mol. The second kappa shape index (κ2) is 6.23. The number of nitrogens with two attached hydrogens (primary N) is 1. The van der Waals surface area contributed by atoms with Gasteiger partial charge in [-0.25, -0.2) is 4.39 Å². The number of carbonyl (C=O) groups excluding carboxylic acids is 1. The quantitative estimate of drug-likeness (QED) is 0.790. The Morgan fingerprint density at radius 1 is 1.56 bits per heavy atom. The van der Waals surface area contributed by atoms with Crippen molar-refractivity contribution >= 4 is 11.6 Å². The smallest absolute Gasteiger partial charge is 0.260 e. The summed E-state index contributed by atoms with van der Waals surface area (Å²) in [6.07, 6.45) is 0.0995. The zero-order chi connectivity index (χ0) is 13.7. The van der Waals surface area contributed by atoms with Gasteiger partial charge in [0.05, 0.1) is 0 Å². The Balaban J connectivity index is 2.72. The number of amides is 1. The highest BCUT2D eigenvalue weighted by Gasteiger charge is 2.16. The number of ether oxygens (including phenoxy) is 1. The number of aryl methyl sites for hydroxylation is 1. The summed E-state index contributed by atoms with van der Waals surface area (Å²) >= 11 is 0. The first kappa shape index (κ1) is 14.3. The van der Waals surface area contributed by atoms with Gasteiger partial charge in [-0.2, -0.15) is 0 Å². The molecule has 5 heteroatoms. The van der Waals surface area contributed by atoms with Crippen molar-refractivity contribution in [2.75, 3.05) is 12.3 Å². The van der Waals surface area contributed by atoms with Crippen LogP contribution < -0.4 is 15.8 Å². The molecule has 0 saturated heterocycles. The van der Waals surface area contributed by atoms with Crippen molar-refractivity contribution < 1.29 is 13.9 Å². The third kappa shape index (κ3) is 3.61. The molecular weight excluding hydrogens is 235 g/mol. The minimum atomic E-state index is -0.742. The predicted octanol–water partition coefficient (Wildman–Crippen LogP) is 2.01. The van der Waals surface area contributed by atoms with Crippen molar-refractivity contribution in [1.82, 2.24) is 5.32 Å². The van der Waals surface area contributed by atoms with E-state index in [1.807, 2.05) is 6.92 Å². The van der Waals surface area contributed by atoms with Crippen molar-refractivity contribution in [2.24, 2.45) is 0 Å². The van der Waals surface area contributed by atoms with E-state index in [1.54, 1.807) is 13.8 Å². The van der Waals surface area contributed by atoms with Gasteiger partial charge >= 0.3 is 0 Å². The van der Waals surface area contributed by atoms with Gasteiger partial charge in [0.2, 0.25) is 0 Å². The average molecular weight is 254 g/mol. The highest BCUT2D eigenvalue weighted by molar-refractivity contribution is 5.80. The van der Waals surface area contributed by atoms with Crippen LogP contribution in [0.15, 0.2) is 12.1 Å². The number of nitrogen functional groups attached to an aromatic ring is 1. The molecule has 18 heavy (non-hydrogen) atoms. The predicted molar refractivity (Wildman–Crippen MR) is 68.9 cm³/mol. The van der Waals surface area contributed by atoms with Gasteiger partial charge in [-0.1, -0.05) is 6.92 Å². The number of nitrogens with one attached hydrogen (secondary N) is 1. The molecule has 4 nitrogen and oxygen atoms in total. The van der Waals surface area contributed by atoms with E-state index >= 15 is 0 Å². The van der Waals surface area contributed by atoms with Gasteiger partial charge in [0, 0.05) is 18.3 Å². The van der Waals surface area contributed by atoms with Crippen LogP contribution in [0.4, 0.5) is 10.1 Å².